The number of anilines is 1. The Morgan fingerprint density at radius 2 is 2.09 bits per heavy atom. The van der Waals surface area contributed by atoms with Gasteiger partial charge in [-0.2, -0.15) is 0 Å². The topological polar surface area (TPSA) is 84.7 Å². The average molecular weight is 310 g/mol. The highest BCUT2D eigenvalue weighted by Crippen LogP contribution is 2.16. The molecule has 0 saturated heterocycles. The van der Waals surface area contributed by atoms with Gasteiger partial charge in [-0.05, 0) is 43.2 Å². The first-order valence-corrected chi connectivity index (χ1v) is 7.29. The highest BCUT2D eigenvalue weighted by molar-refractivity contribution is 5.91. The number of amides is 2. The molecular weight excluding hydrogens is 292 g/mol. The predicted molar refractivity (Wildman–Crippen MR) is 88.1 cm³/mol. The second-order valence-electron chi connectivity index (χ2n) is 5.50. The number of carbonyl (C=O) groups is 1. The quantitative estimate of drug-likeness (QED) is 0.777. The van der Waals surface area contributed by atoms with Crippen LogP contribution in [0, 0.1) is 13.8 Å². The van der Waals surface area contributed by atoms with Gasteiger partial charge in [0.1, 0.15) is 5.52 Å². The van der Waals surface area contributed by atoms with E-state index >= 15 is 0 Å². The lowest BCUT2D eigenvalue weighted by Crippen LogP contribution is -2.28. The fourth-order valence-electron chi connectivity index (χ4n) is 2.39. The summed E-state index contributed by atoms with van der Waals surface area (Å²) in [5.74, 6) is 0. The molecule has 0 aliphatic heterocycles. The van der Waals surface area contributed by atoms with Crippen LogP contribution in [0.5, 0.6) is 0 Å². The number of carbonyl (C=O) groups excluding carboxylic acids is 1. The minimum atomic E-state index is -0.282. The molecule has 0 bridgehead atoms. The lowest BCUT2D eigenvalue weighted by atomic mass is 10.1. The molecule has 2 amide bonds. The van der Waals surface area contributed by atoms with E-state index in [2.05, 4.69) is 25.9 Å². The Morgan fingerprint density at radius 1 is 1.26 bits per heavy atom. The largest absolute Gasteiger partial charge is 0.332 e. The van der Waals surface area contributed by atoms with E-state index in [0.717, 1.165) is 27.9 Å². The fraction of sp³-hybridized carbons (Fsp3) is 0.250. The van der Waals surface area contributed by atoms with Crippen LogP contribution in [0.2, 0.25) is 0 Å². The Balaban J connectivity index is 1.64. The Kier molecular flexibility index (Phi) is 3.92. The molecular formula is C16H18N6O. The molecule has 7 heteroatoms. The molecule has 0 spiro atoms. The Labute approximate surface area is 133 Å². The van der Waals surface area contributed by atoms with Gasteiger partial charge in [-0.25, -0.2) is 9.48 Å². The molecule has 118 valence electrons. The van der Waals surface area contributed by atoms with Crippen molar-refractivity contribution in [2.75, 3.05) is 5.32 Å². The molecule has 0 aliphatic rings. The summed E-state index contributed by atoms with van der Waals surface area (Å²) in [4.78, 5) is 16.4. The van der Waals surface area contributed by atoms with Crippen LogP contribution in [0.1, 0.15) is 16.8 Å². The monoisotopic (exact) mass is 310 g/mol. The highest BCUT2D eigenvalue weighted by Gasteiger charge is 2.07. The number of rotatable bonds is 3. The van der Waals surface area contributed by atoms with Gasteiger partial charge in [0.05, 0.1) is 17.8 Å². The van der Waals surface area contributed by atoms with E-state index in [1.807, 2.05) is 39.1 Å². The van der Waals surface area contributed by atoms with Gasteiger partial charge in [-0.1, -0.05) is 11.3 Å². The van der Waals surface area contributed by atoms with Crippen molar-refractivity contribution in [2.45, 2.75) is 20.4 Å². The van der Waals surface area contributed by atoms with E-state index < -0.39 is 0 Å². The summed E-state index contributed by atoms with van der Waals surface area (Å²) in [6.45, 7) is 4.36. The molecule has 2 N–H and O–H groups in total. The maximum atomic E-state index is 12.0. The summed E-state index contributed by atoms with van der Waals surface area (Å²) in [6.07, 6.45) is 1.80. The first kappa shape index (κ1) is 15.0. The lowest BCUT2D eigenvalue weighted by Gasteiger charge is -2.09. The summed E-state index contributed by atoms with van der Waals surface area (Å²) >= 11 is 0. The molecule has 23 heavy (non-hydrogen) atoms. The van der Waals surface area contributed by atoms with Gasteiger partial charge >= 0.3 is 6.03 Å². The van der Waals surface area contributed by atoms with Crippen molar-refractivity contribution in [1.82, 2.24) is 25.3 Å². The lowest BCUT2D eigenvalue weighted by molar-refractivity contribution is 0.251. The number of benzene rings is 1. The van der Waals surface area contributed by atoms with Crippen molar-refractivity contribution in [3.63, 3.8) is 0 Å². The number of hydrogen-bond acceptors (Lipinski definition) is 4. The van der Waals surface area contributed by atoms with Crippen LogP contribution in [0.4, 0.5) is 10.5 Å². The van der Waals surface area contributed by atoms with Gasteiger partial charge < -0.3 is 10.6 Å². The van der Waals surface area contributed by atoms with E-state index in [1.165, 1.54) is 0 Å². The number of fused-ring (bicyclic) bond motifs is 1. The van der Waals surface area contributed by atoms with Crippen molar-refractivity contribution >= 4 is 22.8 Å². The summed E-state index contributed by atoms with van der Waals surface area (Å²) in [7, 11) is 1.83. The average Bonchev–Trinajstić information content (AvgIpc) is 2.87. The molecule has 2 heterocycles. The summed E-state index contributed by atoms with van der Waals surface area (Å²) in [5, 5.41) is 13.6. The summed E-state index contributed by atoms with van der Waals surface area (Å²) in [5.41, 5.74) is 5.34. The predicted octanol–water partition coefficient (Wildman–Crippen LogP) is 2.30. The van der Waals surface area contributed by atoms with Gasteiger partial charge in [0.15, 0.2) is 0 Å². The van der Waals surface area contributed by atoms with E-state index in [9.17, 15) is 4.79 Å². The zero-order valence-electron chi connectivity index (χ0n) is 13.3. The number of hydrogen-bond donors (Lipinski definition) is 2. The molecule has 0 unspecified atom stereocenters. The van der Waals surface area contributed by atoms with Crippen molar-refractivity contribution < 1.29 is 4.79 Å². The number of aromatic nitrogens is 4. The molecule has 7 nitrogen and oxygen atoms in total. The molecule has 2 aromatic heterocycles. The number of nitrogens with zero attached hydrogens (tertiary/aromatic N) is 4. The third-order valence-corrected chi connectivity index (χ3v) is 3.61. The first-order valence-electron chi connectivity index (χ1n) is 7.29. The van der Waals surface area contributed by atoms with Crippen LogP contribution in [-0.2, 0) is 13.6 Å². The van der Waals surface area contributed by atoms with E-state index in [0.29, 0.717) is 12.2 Å². The molecule has 0 aliphatic carbocycles. The van der Waals surface area contributed by atoms with Crippen molar-refractivity contribution in [3.05, 3.63) is 47.3 Å². The van der Waals surface area contributed by atoms with Crippen molar-refractivity contribution in [1.29, 1.82) is 0 Å². The molecule has 0 saturated carbocycles. The van der Waals surface area contributed by atoms with E-state index in [-0.39, 0.29) is 6.03 Å². The molecule has 1 aromatic carbocycles. The van der Waals surface area contributed by atoms with Crippen LogP contribution in [0.25, 0.3) is 11.0 Å². The second-order valence-corrected chi connectivity index (χ2v) is 5.50. The van der Waals surface area contributed by atoms with Crippen molar-refractivity contribution in [3.8, 4) is 0 Å². The standard InChI is InChI=1S/C16H18N6O/c1-10-6-11(2)14(17-8-10)9-18-16(23)19-12-4-5-15-13(7-12)20-21-22(15)3/h4-8H,9H2,1-3H3,(H2,18,19,23). The molecule has 0 fully saturated rings. The van der Waals surface area contributed by atoms with Crippen molar-refractivity contribution in [2.24, 2.45) is 7.05 Å². The molecule has 3 rings (SSSR count). The summed E-state index contributed by atoms with van der Waals surface area (Å²) in [6, 6.07) is 7.24. The maximum absolute atomic E-state index is 12.0. The highest BCUT2D eigenvalue weighted by atomic mass is 16.2. The fourth-order valence-corrected chi connectivity index (χ4v) is 2.39. The molecule has 3 aromatic rings. The second kappa shape index (κ2) is 6.04. The number of aryl methyl sites for hydroxylation is 3. The van der Waals surface area contributed by atoms with Gasteiger partial charge in [0.2, 0.25) is 0 Å². The van der Waals surface area contributed by atoms with E-state index in [1.54, 1.807) is 16.9 Å². The van der Waals surface area contributed by atoms with Crippen LogP contribution in [-0.4, -0.2) is 26.0 Å². The normalized spacial score (nSPS) is 10.7. The zero-order valence-corrected chi connectivity index (χ0v) is 13.3. The maximum Gasteiger partial charge on any atom is 0.319 e. The van der Waals surface area contributed by atoms with Gasteiger partial charge in [0.25, 0.3) is 0 Å². The van der Waals surface area contributed by atoms with Gasteiger partial charge in [-0.3, -0.25) is 4.98 Å². The smallest absolute Gasteiger partial charge is 0.319 e. The summed E-state index contributed by atoms with van der Waals surface area (Å²) < 4.78 is 1.69. The number of urea groups is 1. The Morgan fingerprint density at radius 3 is 2.87 bits per heavy atom. The number of nitrogens with one attached hydrogen (secondary N) is 2. The Hall–Kier alpha value is -2.96. The SMILES string of the molecule is Cc1cnc(CNC(=O)Nc2ccc3c(c2)nnn3C)c(C)c1. The minimum Gasteiger partial charge on any atom is -0.332 e. The van der Waals surface area contributed by atoms with Gasteiger partial charge in [0, 0.05) is 18.9 Å². The molecule has 0 atom stereocenters. The van der Waals surface area contributed by atoms with Crippen LogP contribution in [0.3, 0.4) is 0 Å². The zero-order chi connectivity index (χ0) is 16.4. The van der Waals surface area contributed by atoms with Crippen LogP contribution < -0.4 is 10.6 Å². The first-order chi connectivity index (χ1) is 11.0. The minimum absolute atomic E-state index is 0.282. The van der Waals surface area contributed by atoms with E-state index in [4.69, 9.17) is 0 Å². The van der Waals surface area contributed by atoms with Crippen LogP contribution >= 0.6 is 0 Å². The third kappa shape index (κ3) is 3.28. The van der Waals surface area contributed by atoms with Gasteiger partial charge in [-0.15, -0.1) is 5.10 Å². The van der Waals surface area contributed by atoms with Crippen LogP contribution in [0.15, 0.2) is 30.5 Å². The molecule has 0 radical (unpaired) electrons. The third-order valence-electron chi connectivity index (χ3n) is 3.61. The Bertz CT molecular complexity index is 870. The number of pyridine rings is 1.